The lowest BCUT2D eigenvalue weighted by Gasteiger charge is -2.11. The quantitative estimate of drug-likeness (QED) is 0.666. The first-order valence-electron chi connectivity index (χ1n) is 7.02. The lowest BCUT2D eigenvalue weighted by Crippen LogP contribution is -2.24. The summed E-state index contributed by atoms with van der Waals surface area (Å²) in [5.74, 6) is 0.497. The smallest absolute Gasteiger partial charge is 0.267 e. The zero-order valence-corrected chi connectivity index (χ0v) is 13.3. The van der Waals surface area contributed by atoms with E-state index in [1.54, 1.807) is 0 Å². The molecule has 0 unspecified atom stereocenters. The topological polar surface area (TPSA) is 34.9 Å². The molecule has 0 atom stereocenters. The van der Waals surface area contributed by atoms with Crippen molar-refractivity contribution < 1.29 is 0 Å². The number of aryl methyl sites for hydroxylation is 1. The van der Waals surface area contributed by atoms with Crippen molar-refractivity contribution in [3.63, 3.8) is 0 Å². The van der Waals surface area contributed by atoms with Crippen molar-refractivity contribution in [3.8, 4) is 11.3 Å². The lowest BCUT2D eigenvalue weighted by molar-refractivity contribution is 0.578. The van der Waals surface area contributed by atoms with E-state index in [4.69, 9.17) is 23.2 Å². The second-order valence-corrected chi connectivity index (χ2v) is 5.79. The molecule has 3 nitrogen and oxygen atoms in total. The molecule has 0 bridgehead atoms. The van der Waals surface area contributed by atoms with Crippen molar-refractivity contribution in [1.82, 2.24) is 9.78 Å². The molecule has 112 valence electrons. The molecule has 0 aliphatic rings. The van der Waals surface area contributed by atoms with E-state index in [0.717, 1.165) is 16.6 Å². The highest BCUT2D eigenvalue weighted by Gasteiger charge is 2.11. The number of rotatable bonds is 4. The number of fused-ring (bicyclic) bond motifs is 1. The Morgan fingerprint density at radius 1 is 1.00 bits per heavy atom. The number of benzene rings is 2. The summed E-state index contributed by atoms with van der Waals surface area (Å²) in [5, 5.41) is 6.72. The van der Waals surface area contributed by atoms with Crippen LogP contribution in [0.2, 0.25) is 5.02 Å². The van der Waals surface area contributed by atoms with Crippen molar-refractivity contribution in [2.45, 2.75) is 13.0 Å². The van der Waals surface area contributed by atoms with E-state index in [2.05, 4.69) is 5.10 Å². The Labute approximate surface area is 138 Å². The van der Waals surface area contributed by atoms with Gasteiger partial charge in [-0.1, -0.05) is 41.9 Å². The third kappa shape index (κ3) is 2.87. The van der Waals surface area contributed by atoms with Gasteiger partial charge in [-0.15, -0.1) is 11.6 Å². The van der Waals surface area contributed by atoms with Crippen LogP contribution in [0, 0.1) is 0 Å². The molecule has 0 fully saturated rings. The maximum absolute atomic E-state index is 12.5. The molecule has 3 aromatic rings. The molecular formula is C17H14Cl2N2O. The fourth-order valence-corrected chi connectivity index (χ4v) is 2.66. The monoisotopic (exact) mass is 332 g/mol. The number of aromatic nitrogens is 2. The molecule has 0 aliphatic carbocycles. The first kappa shape index (κ1) is 15.1. The summed E-state index contributed by atoms with van der Waals surface area (Å²) >= 11 is 11.7. The predicted molar refractivity (Wildman–Crippen MR) is 91.8 cm³/mol. The third-order valence-electron chi connectivity index (χ3n) is 3.49. The first-order valence-corrected chi connectivity index (χ1v) is 7.94. The van der Waals surface area contributed by atoms with E-state index in [1.807, 2.05) is 48.5 Å². The van der Waals surface area contributed by atoms with E-state index in [0.29, 0.717) is 29.3 Å². The molecular weight excluding hydrogens is 319 g/mol. The van der Waals surface area contributed by atoms with Gasteiger partial charge in [-0.3, -0.25) is 4.79 Å². The highest BCUT2D eigenvalue weighted by atomic mass is 35.5. The fourth-order valence-electron chi connectivity index (χ4n) is 2.42. The van der Waals surface area contributed by atoms with Gasteiger partial charge in [0.2, 0.25) is 0 Å². The maximum Gasteiger partial charge on any atom is 0.274 e. The zero-order valence-electron chi connectivity index (χ0n) is 11.8. The Morgan fingerprint density at radius 2 is 1.68 bits per heavy atom. The zero-order chi connectivity index (χ0) is 15.5. The molecule has 0 radical (unpaired) electrons. The van der Waals surface area contributed by atoms with E-state index >= 15 is 0 Å². The second-order valence-electron chi connectivity index (χ2n) is 4.97. The van der Waals surface area contributed by atoms with Crippen molar-refractivity contribution in [2.24, 2.45) is 0 Å². The minimum absolute atomic E-state index is 0.0848. The average molecular weight is 333 g/mol. The molecule has 2 aromatic carbocycles. The van der Waals surface area contributed by atoms with Gasteiger partial charge in [0, 0.05) is 28.4 Å². The summed E-state index contributed by atoms with van der Waals surface area (Å²) in [4.78, 5) is 12.5. The Kier molecular flexibility index (Phi) is 4.46. The molecule has 5 heteroatoms. The van der Waals surface area contributed by atoms with Gasteiger partial charge in [-0.05, 0) is 24.6 Å². The van der Waals surface area contributed by atoms with Gasteiger partial charge >= 0.3 is 0 Å². The standard InChI is InChI=1S/C17H14Cl2N2O/c18-10-3-11-21-17(22)15-5-2-1-4-14(15)16(20-21)12-6-8-13(19)9-7-12/h1-2,4-9H,3,10-11H2. The number of halogens is 2. The van der Waals surface area contributed by atoms with Crippen molar-refractivity contribution >= 4 is 34.0 Å². The van der Waals surface area contributed by atoms with Gasteiger partial charge in [0.15, 0.2) is 0 Å². The molecule has 0 saturated carbocycles. The largest absolute Gasteiger partial charge is 0.274 e. The molecule has 0 saturated heterocycles. The van der Waals surface area contributed by atoms with Crippen LogP contribution >= 0.6 is 23.2 Å². The lowest BCUT2D eigenvalue weighted by atomic mass is 10.1. The van der Waals surface area contributed by atoms with Crippen molar-refractivity contribution in [1.29, 1.82) is 0 Å². The normalized spacial score (nSPS) is 11.0. The fraction of sp³-hybridized carbons (Fsp3) is 0.176. The van der Waals surface area contributed by atoms with E-state index < -0.39 is 0 Å². The van der Waals surface area contributed by atoms with Crippen LogP contribution in [0.1, 0.15) is 6.42 Å². The van der Waals surface area contributed by atoms with Gasteiger partial charge in [0.1, 0.15) is 0 Å². The van der Waals surface area contributed by atoms with Gasteiger partial charge in [0.25, 0.3) is 5.56 Å². The summed E-state index contributed by atoms with van der Waals surface area (Å²) in [7, 11) is 0. The molecule has 3 rings (SSSR count). The van der Waals surface area contributed by atoms with Gasteiger partial charge in [-0.2, -0.15) is 5.10 Å². The Hall–Kier alpha value is -1.84. The SMILES string of the molecule is O=c1c2ccccc2c(-c2ccc(Cl)cc2)nn1CCCCl. The number of nitrogens with zero attached hydrogens (tertiary/aromatic N) is 2. The van der Waals surface area contributed by atoms with E-state index in [1.165, 1.54) is 4.68 Å². The van der Waals surface area contributed by atoms with E-state index in [-0.39, 0.29) is 5.56 Å². The Balaban J connectivity index is 2.25. The third-order valence-corrected chi connectivity index (χ3v) is 4.01. The summed E-state index contributed by atoms with van der Waals surface area (Å²) in [6.07, 6.45) is 0.701. The number of hydrogen-bond donors (Lipinski definition) is 0. The van der Waals surface area contributed by atoms with Crippen LogP contribution in [0.5, 0.6) is 0 Å². The highest BCUT2D eigenvalue weighted by Crippen LogP contribution is 2.25. The molecule has 1 aromatic heterocycles. The van der Waals surface area contributed by atoms with Crippen molar-refractivity contribution in [3.05, 3.63) is 63.9 Å². The highest BCUT2D eigenvalue weighted by molar-refractivity contribution is 6.30. The molecule has 0 spiro atoms. The maximum atomic E-state index is 12.5. The number of hydrogen-bond acceptors (Lipinski definition) is 2. The second kappa shape index (κ2) is 6.51. The van der Waals surface area contributed by atoms with E-state index in [9.17, 15) is 4.79 Å². The molecule has 22 heavy (non-hydrogen) atoms. The molecule has 0 aliphatic heterocycles. The van der Waals surface area contributed by atoms with Crippen LogP contribution in [-0.4, -0.2) is 15.7 Å². The summed E-state index contributed by atoms with van der Waals surface area (Å²) in [6, 6.07) is 15.0. The van der Waals surface area contributed by atoms with Gasteiger partial charge in [-0.25, -0.2) is 4.68 Å². The van der Waals surface area contributed by atoms with Crippen LogP contribution < -0.4 is 5.56 Å². The Bertz CT molecular complexity index is 857. The minimum atomic E-state index is -0.0848. The van der Waals surface area contributed by atoms with Crippen LogP contribution in [0.3, 0.4) is 0 Å². The minimum Gasteiger partial charge on any atom is -0.267 e. The van der Waals surface area contributed by atoms with Crippen LogP contribution in [0.15, 0.2) is 53.3 Å². The number of alkyl halides is 1. The molecule has 1 heterocycles. The van der Waals surface area contributed by atoms with Gasteiger partial charge in [0.05, 0.1) is 11.1 Å². The molecule has 0 N–H and O–H groups in total. The van der Waals surface area contributed by atoms with Crippen LogP contribution in [0.4, 0.5) is 0 Å². The Morgan fingerprint density at radius 3 is 2.36 bits per heavy atom. The summed E-state index contributed by atoms with van der Waals surface area (Å²) in [6.45, 7) is 0.508. The molecule has 0 amide bonds. The summed E-state index contributed by atoms with van der Waals surface area (Å²) < 4.78 is 1.49. The first-order chi connectivity index (χ1) is 10.7. The van der Waals surface area contributed by atoms with Crippen molar-refractivity contribution in [2.75, 3.05) is 5.88 Å². The van der Waals surface area contributed by atoms with Gasteiger partial charge < -0.3 is 0 Å². The summed E-state index contributed by atoms with van der Waals surface area (Å²) in [5.41, 5.74) is 1.63. The van der Waals surface area contributed by atoms with Crippen LogP contribution in [0.25, 0.3) is 22.0 Å². The van der Waals surface area contributed by atoms with Crippen LogP contribution in [-0.2, 0) is 6.54 Å². The predicted octanol–water partition coefficient (Wildman–Crippen LogP) is 4.35. The average Bonchev–Trinajstić information content (AvgIpc) is 2.55.